The molecule has 0 aliphatic heterocycles. The molecule has 6 nitrogen and oxygen atoms in total. The molecule has 0 aliphatic carbocycles. The molecule has 0 saturated heterocycles. The van der Waals surface area contributed by atoms with E-state index in [0.29, 0.717) is 19.0 Å². The molecule has 1 unspecified atom stereocenters. The van der Waals surface area contributed by atoms with E-state index in [1.54, 1.807) is 26.2 Å². The van der Waals surface area contributed by atoms with Crippen LogP contribution >= 0.6 is 0 Å². The summed E-state index contributed by atoms with van der Waals surface area (Å²) in [5, 5.41) is 10.4. The first-order valence-electron chi connectivity index (χ1n) is 5.15. The minimum absolute atomic E-state index is 0.0432. The first-order valence-corrected chi connectivity index (χ1v) is 5.15. The summed E-state index contributed by atoms with van der Waals surface area (Å²) in [5.74, 6) is 0.573. The van der Waals surface area contributed by atoms with E-state index in [9.17, 15) is 10.1 Å². The molecule has 0 aliphatic rings. The molecule has 1 atom stereocenters. The van der Waals surface area contributed by atoms with Gasteiger partial charge in [-0.1, -0.05) is 0 Å². The number of benzene rings is 1. The van der Waals surface area contributed by atoms with E-state index in [1.165, 1.54) is 12.1 Å². The van der Waals surface area contributed by atoms with Crippen molar-refractivity contribution < 1.29 is 19.1 Å². The first kappa shape index (κ1) is 13.4. The fourth-order valence-corrected chi connectivity index (χ4v) is 1.11. The Kier molecular flexibility index (Phi) is 5.38. The van der Waals surface area contributed by atoms with Gasteiger partial charge >= 0.3 is 0 Å². The number of hydrogen-bond donors (Lipinski definition) is 0. The van der Waals surface area contributed by atoms with Gasteiger partial charge in [0.05, 0.1) is 11.5 Å². The number of methoxy groups -OCH3 is 1. The molecule has 94 valence electrons. The van der Waals surface area contributed by atoms with Crippen molar-refractivity contribution in [3.05, 3.63) is 34.4 Å². The summed E-state index contributed by atoms with van der Waals surface area (Å²) < 4.78 is 15.4. The van der Waals surface area contributed by atoms with Gasteiger partial charge in [0.25, 0.3) is 5.69 Å². The van der Waals surface area contributed by atoms with Crippen LogP contribution in [0, 0.1) is 10.1 Å². The summed E-state index contributed by atoms with van der Waals surface area (Å²) in [6, 6.07) is 5.90. The normalized spacial score (nSPS) is 12.1. The van der Waals surface area contributed by atoms with Crippen molar-refractivity contribution in [2.75, 3.05) is 20.3 Å². The lowest BCUT2D eigenvalue weighted by molar-refractivity contribution is -0.384. The van der Waals surface area contributed by atoms with E-state index in [1.807, 2.05) is 0 Å². The number of rotatable bonds is 7. The second-order valence-corrected chi connectivity index (χ2v) is 3.27. The topological polar surface area (TPSA) is 70.8 Å². The lowest BCUT2D eigenvalue weighted by Crippen LogP contribution is -2.15. The van der Waals surface area contributed by atoms with Gasteiger partial charge in [-0.15, -0.1) is 0 Å². The number of nitro benzene ring substituents is 1. The molecule has 17 heavy (non-hydrogen) atoms. The molecule has 0 aromatic heterocycles. The van der Waals surface area contributed by atoms with Crippen molar-refractivity contribution in [1.29, 1.82) is 0 Å². The largest absolute Gasteiger partial charge is 0.491 e. The van der Waals surface area contributed by atoms with Gasteiger partial charge in [0.15, 0.2) is 6.29 Å². The average Bonchev–Trinajstić information content (AvgIpc) is 2.34. The Morgan fingerprint density at radius 2 is 1.94 bits per heavy atom. The van der Waals surface area contributed by atoms with Crippen LogP contribution in [0.25, 0.3) is 0 Å². The van der Waals surface area contributed by atoms with Crippen LogP contribution in [0.15, 0.2) is 24.3 Å². The first-order chi connectivity index (χ1) is 8.13. The van der Waals surface area contributed by atoms with Crippen LogP contribution < -0.4 is 4.74 Å². The monoisotopic (exact) mass is 241 g/mol. The molecule has 0 radical (unpaired) electrons. The Bertz CT molecular complexity index is 351. The van der Waals surface area contributed by atoms with Gasteiger partial charge in [-0.3, -0.25) is 10.1 Å². The zero-order valence-electron chi connectivity index (χ0n) is 9.79. The number of nitro groups is 1. The van der Waals surface area contributed by atoms with Gasteiger partial charge in [0.2, 0.25) is 0 Å². The summed E-state index contributed by atoms with van der Waals surface area (Å²) in [7, 11) is 1.56. The highest BCUT2D eigenvalue weighted by Gasteiger charge is 2.04. The quantitative estimate of drug-likeness (QED) is 0.316. The number of non-ortho nitro benzene ring substituents is 1. The third kappa shape index (κ3) is 4.80. The molecule has 0 saturated carbocycles. The maximum Gasteiger partial charge on any atom is 0.269 e. The molecule has 1 rings (SSSR count). The summed E-state index contributed by atoms with van der Waals surface area (Å²) in [5.41, 5.74) is 0.0432. The fourth-order valence-electron chi connectivity index (χ4n) is 1.11. The molecule has 0 N–H and O–H groups in total. The van der Waals surface area contributed by atoms with E-state index in [-0.39, 0.29) is 12.0 Å². The van der Waals surface area contributed by atoms with Gasteiger partial charge in [-0.2, -0.15) is 0 Å². The van der Waals surface area contributed by atoms with E-state index in [0.717, 1.165) is 0 Å². The minimum atomic E-state index is -0.451. The van der Waals surface area contributed by atoms with Gasteiger partial charge in [0.1, 0.15) is 12.4 Å². The Balaban J connectivity index is 2.30. The predicted octanol–water partition coefficient (Wildman–Crippen LogP) is 1.98. The Morgan fingerprint density at radius 3 is 2.47 bits per heavy atom. The average molecular weight is 241 g/mol. The van der Waals surface area contributed by atoms with Crippen LogP contribution in [0.1, 0.15) is 6.92 Å². The zero-order chi connectivity index (χ0) is 12.7. The van der Waals surface area contributed by atoms with Crippen LogP contribution in [0.5, 0.6) is 5.75 Å². The number of hydrogen-bond acceptors (Lipinski definition) is 5. The van der Waals surface area contributed by atoms with Crippen molar-refractivity contribution >= 4 is 5.69 Å². The summed E-state index contributed by atoms with van der Waals surface area (Å²) in [4.78, 5) is 9.96. The SMILES string of the molecule is COC(C)OCCOc1ccc([N+](=O)[O-])cc1. The lowest BCUT2D eigenvalue weighted by Gasteiger charge is -2.11. The standard InChI is InChI=1S/C11H15NO5/c1-9(15-2)16-7-8-17-11-5-3-10(4-6-11)12(13)14/h3-6,9H,7-8H2,1-2H3. The van der Waals surface area contributed by atoms with Crippen LogP contribution in [0.4, 0.5) is 5.69 Å². The van der Waals surface area contributed by atoms with Crippen molar-refractivity contribution in [2.24, 2.45) is 0 Å². The van der Waals surface area contributed by atoms with E-state index < -0.39 is 4.92 Å². The lowest BCUT2D eigenvalue weighted by atomic mass is 10.3. The van der Waals surface area contributed by atoms with Gasteiger partial charge in [-0.25, -0.2) is 0 Å². The molecular weight excluding hydrogens is 226 g/mol. The van der Waals surface area contributed by atoms with E-state index >= 15 is 0 Å². The minimum Gasteiger partial charge on any atom is -0.491 e. The third-order valence-corrected chi connectivity index (χ3v) is 2.08. The Labute approximate surface area is 99.2 Å². The third-order valence-electron chi connectivity index (χ3n) is 2.08. The van der Waals surface area contributed by atoms with Crippen LogP contribution in [0.2, 0.25) is 0 Å². The van der Waals surface area contributed by atoms with Crippen molar-refractivity contribution in [2.45, 2.75) is 13.2 Å². The van der Waals surface area contributed by atoms with Crippen LogP contribution in [-0.2, 0) is 9.47 Å². The van der Waals surface area contributed by atoms with Crippen molar-refractivity contribution in [3.8, 4) is 5.75 Å². The van der Waals surface area contributed by atoms with Crippen LogP contribution in [0.3, 0.4) is 0 Å². The summed E-state index contributed by atoms with van der Waals surface area (Å²) >= 11 is 0. The maximum absolute atomic E-state index is 10.4. The van der Waals surface area contributed by atoms with Crippen LogP contribution in [-0.4, -0.2) is 31.5 Å². The van der Waals surface area contributed by atoms with E-state index in [2.05, 4.69) is 0 Å². The highest BCUT2D eigenvalue weighted by atomic mass is 16.7. The maximum atomic E-state index is 10.4. The zero-order valence-corrected chi connectivity index (χ0v) is 9.79. The van der Waals surface area contributed by atoms with Crippen molar-refractivity contribution in [1.82, 2.24) is 0 Å². The van der Waals surface area contributed by atoms with Crippen molar-refractivity contribution in [3.63, 3.8) is 0 Å². The van der Waals surface area contributed by atoms with Gasteiger partial charge in [0, 0.05) is 19.2 Å². The smallest absolute Gasteiger partial charge is 0.269 e. The number of ether oxygens (including phenoxy) is 3. The molecule has 1 aromatic carbocycles. The molecule has 6 heteroatoms. The molecular formula is C11H15NO5. The Morgan fingerprint density at radius 1 is 1.29 bits per heavy atom. The molecule has 0 fully saturated rings. The second-order valence-electron chi connectivity index (χ2n) is 3.27. The molecule has 0 amide bonds. The Hall–Kier alpha value is -1.66. The molecule has 0 bridgehead atoms. The second kappa shape index (κ2) is 6.82. The molecule has 1 aromatic rings. The highest BCUT2D eigenvalue weighted by molar-refractivity contribution is 5.35. The summed E-state index contributed by atoms with van der Waals surface area (Å²) in [6.45, 7) is 2.55. The predicted molar refractivity (Wildman–Crippen MR) is 61.0 cm³/mol. The van der Waals surface area contributed by atoms with Gasteiger partial charge < -0.3 is 14.2 Å². The van der Waals surface area contributed by atoms with E-state index in [4.69, 9.17) is 14.2 Å². The number of nitrogens with zero attached hydrogens (tertiary/aromatic N) is 1. The molecule has 0 spiro atoms. The molecule has 0 heterocycles. The highest BCUT2D eigenvalue weighted by Crippen LogP contribution is 2.17. The van der Waals surface area contributed by atoms with Gasteiger partial charge in [-0.05, 0) is 19.1 Å². The summed E-state index contributed by atoms with van der Waals surface area (Å²) in [6.07, 6.45) is -0.268. The fraction of sp³-hybridized carbons (Fsp3) is 0.455.